The molecule has 0 radical (unpaired) electrons. The SMILES string of the molecule is FC(F)(F)Oc1ccc(-c2ccc3nncn3n2)cc1. The van der Waals surface area contributed by atoms with Crippen molar-refractivity contribution in [1.82, 2.24) is 19.8 Å². The van der Waals surface area contributed by atoms with Gasteiger partial charge in [0.1, 0.15) is 12.1 Å². The largest absolute Gasteiger partial charge is 0.573 e. The van der Waals surface area contributed by atoms with Crippen molar-refractivity contribution < 1.29 is 17.9 Å². The van der Waals surface area contributed by atoms with E-state index in [0.29, 0.717) is 16.9 Å². The molecule has 2 heterocycles. The van der Waals surface area contributed by atoms with Crippen LogP contribution in [0.5, 0.6) is 5.75 Å². The summed E-state index contributed by atoms with van der Waals surface area (Å²) in [5.41, 5.74) is 1.84. The van der Waals surface area contributed by atoms with Gasteiger partial charge >= 0.3 is 6.36 Å². The Morgan fingerprint density at radius 1 is 1.00 bits per heavy atom. The molecule has 3 aromatic rings. The van der Waals surface area contributed by atoms with E-state index in [0.717, 1.165) is 0 Å². The minimum atomic E-state index is -4.69. The molecule has 1 aromatic carbocycles. The van der Waals surface area contributed by atoms with Gasteiger partial charge in [-0.25, -0.2) is 0 Å². The second-order valence-electron chi connectivity index (χ2n) is 3.92. The van der Waals surface area contributed by atoms with Crippen LogP contribution in [0.1, 0.15) is 0 Å². The summed E-state index contributed by atoms with van der Waals surface area (Å²) in [7, 11) is 0. The van der Waals surface area contributed by atoms with Crippen molar-refractivity contribution in [2.24, 2.45) is 0 Å². The molecule has 0 saturated heterocycles. The number of halogens is 3. The van der Waals surface area contributed by atoms with Crippen LogP contribution in [-0.4, -0.2) is 26.2 Å². The number of aromatic nitrogens is 4. The van der Waals surface area contributed by atoms with Crippen LogP contribution in [0.4, 0.5) is 13.2 Å². The van der Waals surface area contributed by atoms with Gasteiger partial charge in [-0.2, -0.15) is 9.61 Å². The summed E-state index contributed by atoms with van der Waals surface area (Å²) in [6, 6.07) is 8.90. The first-order valence-electron chi connectivity index (χ1n) is 5.54. The molecule has 0 spiro atoms. The van der Waals surface area contributed by atoms with Crippen LogP contribution in [0.3, 0.4) is 0 Å². The van der Waals surface area contributed by atoms with Gasteiger partial charge in [0.2, 0.25) is 0 Å². The van der Waals surface area contributed by atoms with Crippen molar-refractivity contribution >= 4 is 5.65 Å². The fourth-order valence-corrected chi connectivity index (χ4v) is 1.71. The normalized spacial score (nSPS) is 11.8. The molecule has 102 valence electrons. The van der Waals surface area contributed by atoms with Crippen molar-refractivity contribution in [2.45, 2.75) is 6.36 Å². The predicted molar refractivity (Wildman–Crippen MR) is 62.9 cm³/mol. The number of alkyl halides is 3. The number of hydrogen-bond donors (Lipinski definition) is 0. The Kier molecular flexibility index (Phi) is 2.78. The molecule has 5 nitrogen and oxygen atoms in total. The van der Waals surface area contributed by atoms with Crippen LogP contribution < -0.4 is 4.74 Å². The molecule has 0 N–H and O–H groups in total. The van der Waals surface area contributed by atoms with Crippen LogP contribution in [0.25, 0.3) is 16.9 Å². The molecule has 0 fully saturated rings. The van der Waals surface area contributed by atoms with Gasteiger partial charge in [0.05, 0.1) is 5.69 Å². The molecule has 2 aromatic heterocycles. The first-order chi connectivity index (χ1) is 9.51. The van der Waals surface area contributed by atoms with Gasteiger partial charge in [-0.15, -0.1) is 23.4 Å². The maximum atomic E-state index is 12.1. The average Bonchev–Trinajstić information content (AvgIpc) is 2.85. The van der Waals surface area contributed by atoms with Gasteiger partial charge in [0, 0.05) is 5.56 Å². The molecular weight excluding hydrogens is 273 g/mol. The van der Waals surface area contributed by atoms with Crippen molar-refractivity contribution in [3.05, 3.63) is 42.7 Å². The van der Waals surface area contributed by atoms with Gasteiger partial charge in [0.15, 0.2) is 5.65 Å². The number of nitrogens with zero attached hydrogens (tertiary/aromatic N) is 4. The Bertz CT molecular complexity index is 736. The molecule has 8 heteroatoms. The minimum Gasteiger partial charge on any atom is -0.406 e. The molecule has 0 aliphatic rings. The highest BCUT2D eigenvalue weighted by Crippen LogP contribution is 2.25. The molecule has 0 bridgehead atoms. The van der Waals surface area contributed by atoms with E-state index < -0.39 is 6.36 Å². The van der Waals surface area contributed by atoms with Gasteiger partial charge in [0.25, 0.3) is 0 Å². The van der Waals surface area contributed by atoms with E-state index in [1.165, 1.54) is 35.1 Å². The highest BCUT2D eigenvalue weighted by Gasteiger charge is 2.30. The number of benzene rings is 1. The highest BCUT2D eigenvalue weighted by molar-refractivity contribution is 5.60. The smallest absolute Gasteiger partial charge is 0.406 e. The number of hydrogen-bond acceptors (Lipinski definition) is 4. The first kappa shape index (κ1) is 12.4. The molecule has 0 amide bonds. The van der Waals surface area contributed by atoms with Crippen LogP contribution >= 0.6 is 0 Å². The monoisotopic (exact) mass is 280 g/mol. The summed E-state index contributed by atoms with van der Waals surface area (Å²) in [4.78, 5) is 0. The molecule has 0 aliphatic carbocycles. The van der Waals surface area contributed by atoms with Crippen LogP contribution in [0, 0.1) is 0 Å². The summed E-state index contributed by atoms with van der Waals surface area (Å²) in [6.07, 6.45) is -3.25. The Morgan fingerprint density at radius 3 is 2.45 bits per heavy atom. The quantitative estimate of drug-likeness (QED) is 0.724. The zero-order chi connectivity index (χ0) is 14.2. The minimum absolute atomic E-state index is 0.272. The number of ether oxygens (including phenoxy) is 1. The second kappa shape index (κ2) is 4.48. The Balaban J connectivity index is 1.90. The van der Waals surface area contributed by atoms with Gasteiger partial charge < -0.3 is 4.74 Å². The summed E-state index contributed by atoms with van der Waals surface area (Å²) in [5.74, 6) is -0.272. The lowest BCUT2D eigenvalue weighted by atomic mass is 10.1. The molecule has 20 heavy (non-hydrogen) atoms. The highest BCUT2D eigenvalue weighted by atomic mass is 19.4. The lowest BCUT2D eigenvalue weighted by Gasteiger charge is -2.09. The van der Waals surface area contributed by atoms with E-state index in [1.807, 2.05) is 0 Å². The molecule has 0 unspecified atom stereocenters. The third-order valence-corrected chi connectivity index (χ3v) is 2.55. The summed E-state index contributed by atoms with van der Waals surface area (Å²) >= 11 is 0. The standard InChI is InChI=1S/C12H7F3N4O/c13-12(14,15)20-9-3-1-8(2-4-9)10-5-6-11-17-16-7-19(11)18-10/h1-7H. The molecule has 0 saturated carbocycles. The van der Waals surface area contributed by atoms with Crippen molar-refractivity contribution in [3.8, 4) is 17.0 Å². The van der Waals surface area contributed by atoms with E-state index in [2.05, 4.69) is 20.0 Å². The van der Waals surface area contributed by atoms with E-state index in [1.54, 1.807) is 12.1 Å². The van der Waals surface area contributed by atoms with E-state index >= 15 is 0 Å². The van der Waals surface area contributed by atoms with Gasteiger partial charge in [-0.05, 0) is 36.4 Å². The van der Waals surface area contributed by atoms with Crippen LogP contribution in [0.2, 0.25) is 0 Å². The molecule has 3 rings (SSSR count). The maximum absolute atomic E-state index is 12.1. The van der Waals surface area contributed by atoms with Crippen LogP contribution in [-0.2, 0) is 0 Å². The Labute approximate surface area is 110 Å². The maximum Gasteiger partial charge on any atom is 0.573 e. The summed E-state index contributed by atoms with van der Waals surface area (Å²) in [5, 5.41) is 11.7. The first-order valence-corrected chi connectivity index (χ1v) is 5.54. The Hall–Kier alpha value is -2.64. The zero-order valence-electron chi connectivity index (χ0n) is 9.87. The second-order valence-corrected chi connectivity index (χ2v) is 3.92. The van der Waals surface area contributed by atoms with E-state index in [-0.39, 0.29) is 5.75 Å². The topological polar surface area (TPSA) is 52.3 Å². The third-order valence-electron chi connectivity index (χ3n) is 2.55. The van der Waals surface area contributed by atoms with Gasteiger partial charge in [-0.1, -0.05) is 0 Å². The molecule has 0 atom stereocenters. The predicted octanol–water partition coefficient (Wildman–Crippen LogP) is 2.69. The van der Waals surface area contributed by atoms with E-state index in [9.17, 15) is 13.2 Å². The van der Waals surface area contributed by atoms with Crippen molar-refractivity contribution in [2.75, 3.05) is 0 Å². The summed E-state index contributed by atoms with van der Waals surface area (Å²) < 4.78 is 41.4. The zero-order valence-corrected chi connectivity index (χ0v) is 9.87. The number of fused-ring (bicyclic) bond motifs is 1. The van der Waals surface area contributed by atoms with E-state index in [4.69, 9.17) is 0 Å². The fraction of sp³-hybridized carbons (Fsp3) is 0.0833. The Morgan fingerprint density at radius 2 is 1.75 bits per heavy atom. The third kappa shape index (κ3) is 2.53. The van der Waals surface area contributed by atoms with Crippen LogP contribution in [0.15, 0.2) is 42.7 Å². The van der Waals surface area contributed by atoms with Crippen molar-refractivity contribution in [1.29, 1.82) is 0 Å². The van der Waals surface area contributed by atoms with Crippen molar-refractivity contribution in [3.63, 3.8) is 0 Å². The fourth-order valence-electron chi connectivity index (χ4n) is 1.71. The average molecular weight is 280 g/mol. The summed E-state index contributed by atoms with van der Waals surface area (Å²) in [6.45, 7) is 0. The lowest BCUT2D eigenvalue weighted by Crippen LogP contribution is -2.16. The lowest BCUT2D eigenvalue weighted by molar-refractivity contribution is -0.274. The number of rotatable bonds is 2. The molecular formula is C12H7F3N4O. The van der Waals surface area contributed by atoms with Gasteiger partial charge in [-0.3, -0.25) is 0 Å². The molecule has 0 aliphatic heterocycles.